The van der Waals surface area contributed by atoms with Crippen molar-refractivity contribution in [3.05, 3.63) is 0 Å². The molecule has 0 aromatic carbocycles. The minimum absolute atomic E-state index is 0.285. The lowest BCUT2D eigenvalue weighted by atomic mass is 9.91. The molecule has 15 heteroatoms. The van der Waals surface area contributed by atoms with Crippen LogP contribution in [0.15, 0.2) is 0 Å². The highest BCUT2D eigenvalue weighted by Gasteiger charge is 2.51. The first kappa shape index (κ1) is 28.7. The zero-order valence-electron chi connectivity index (χ0n) is 18.8. The molecule has 0 unspecified atom stereocenters. The molecule has 3 aliphatic rings. The number of hydrogen-bond donors (Lipinski definition) is 9. The number of aliphatic hydroxyl groups is 9. The van der Waals surface area contributed by atoms with E-state index >= 15 is 0 Å². The fourth-order valence-corrected chi connectivity index (χ4v) is 4.34. The minimum atomic E-state index is -1.68. The SMILES string of the molecule is C[C@H]1O[C@H](CO[C@H]2O[C@H](CO)[C@@H](O)[C@H](O)[C@@H]2O)[C@@H](O)[C@H](O[C@H]2O[C@H](CO)[C@@H](O)[C@H](O)[C@@H]2C=O)[C@@H]1O. The third-order valence-corrected chi connectivity index (χ3v) is 6.57. The van der Waals surface area contributed by atoms with E-state index < -0.39 is 112 Å². The molecule has 3 fully saturated rings. The monoisotopic (exact) mass is 514 g/mol. The maximum Gasteiger partial charge on any atom is 0.186 e. The summed E-state index contributed by atoms with van der Waals surface area (Å²) in [6.07, 6.45) is -20.0. The molecule has 15 atom stereocenters. The number of aliphatic hydroxyl groups excluding tert-OH is 9. The predicted molar refractivity (Wildman–Crippen MR) is 108 cm³/mol. The fourth-order valence-electron chi connectivity index (χ4n) is 4.34. The van der Waals surface area contributed by atoms with Crippen molar-refractivity contribution in [3.63, 3.8) is 0 Å². The van der Waals surface area contributed by atoms with Crippen LogP contribution in [0.3, 0.4) is 0 Å². The van der Waals surface area contributed by atoms with Gasteiger partial charge in [0.2, 0.25) is 0 Å². The van der Waals surface area contributed by atoms with Crippen molar-refractivity contribution in [3.8, 4) is 0 Å². The predicted octanol–water partition coefficient (Wildman–Crippen LogP) is -6.05. The smallest absolute Gasteiger partial charge is 0.186 e. The van der Waals surface area contributed by atoms with E-state index in [1.807, 2.05) is 0 Å². The molecule has 0 amide bonds. The molecule has 3 heterocycles. The first-order valence-electron chi connectivity index (χ1n) is 11.2. The summed E-state index contributed by atoms with van der Waals surface area (Å²) in [5, 5.41) is 90.0. The molecule has 0 aromatic rings. The topological polar surface area (TPSA) is 245 Å². The largest absolute Gasteiger partial charge is 0.394 e. The Balaban J connectivity index is 1.68. The van der Waals surface area contributed by atoms with Crippen LogP contribution in [0.4, 0.5) is 0 Å². The summed E-state index contributed by atoms with van der Waals surface area (Å²) in [4.78, 5) is 11.5. The lowest BCUT2D eigenvalue weighted by Gasteiger charge is -2.46. The highest BCUT2D eigenvalue weighted by molar-refractivity contribution is 5.55. The van der Waals surface area contributed by atoms with Crippen LogP contribution in [0.2, 0.25) is 0 Å². The van der Waals surface area contributed by atoms with Crippen LogP contribution in [0.1, 0.15) is 6.92 Å². The standard InChI is InChI=1S/C20H34O15/c1-6-11(24)18(35-19-7(2-21)12(25)13(26)8(3-22)33-19)15(28)10(32-6)5-31-20-17(30)16(29)14(27)9(4-23)34-20/h2,6-20,22-30H,3-5H2,1H3/t6-,7+,8-,9-,10-,11-,12-,13-,14-,15-,16+,17+,18-,19-,20+/m1/s1. The second-order valence-electron chi connectivity index (χ2n) is 8.91. The Morgan fingerprint density at radius 2 is 1.26 bits per heavy atom. The Hall–Kier alpha value is -0.890. The molecule has 35 heavy (non-hydrogen) atoms. The van der Waals surface area contributed by atoms with Gasteiger partial charge in [-0.1, -0.05) is 0 Å². The van der Waals surface area contributed by atoms with Crippen molar-refractivity contribution >= 4 is 6.29 Å². The first-order chi connectivity index (χ1) is 16.5. The van der Waals surface area contributed by atoms with E-state index in [1.165, 1.54) is 6.92 Å². The average Bonchev–Trinajstić information content (AvgIpc) is 2.84. The summed E-state index contributed by atoms with van der Waals surface area (Å²) >= 11 is 0. The molecule has 0 aliphatic carbocycles. The zero-order chi connectivity index (χ0) is 26.0. The number of hydrogen-bond acceptors (Lipinski definition) is 15. The molecule has 204 valence electrons. The summed E-state index contributed by atoms with van der Waals surface area (Å²) < 4.78 is 27.2. The van der Waals surface area contributed by atoms with Gasteiger partial charge in [-0.15, -0.1) is 0 Å². The van der Waals surface area contributed by atoms with Crippen LogP contribution in [0, 0.1) is 5.92 Å². The quantitative estimate of drug-likeness (QED) is 0.137. The highest BCUT2D eigenvalue weighted by Crippen LogP contribution is 2.32. The summed E-state index contributed by atoms with van der Waals surface area (Å²) in [5.74, 6) is -1.39. The maximum absolute atomic E-state index is 11.5. The number of ether oxygens (including phenoxy) is 5. The third kappa shape index (κ3) is 5.83. The van der Waals surface area contributed by atoms with Crippen LogP contribution in [-0.4, -0.2) is 158 Å². The van der Waals surface area contributed by atoms with Crippen molar-refractivity contribution in [1.29, 1.82) is 0 Å². The third-order valence-electron chi connectivity index (χ3n) is 6.57. The van der Waals surface area contributed by atoms with Gasteiger partial charge >= 0.3 is 0 Å². The summed E-state index contributed by atoms with van der Waals surface area (Å²) in [7, 11) is 0. The Morgan fingerprint density at radius 3 is 1.83 bits per heavy atom. The van der Waals surface area contributed by atoms with Crippen molar-refractivity contribution in [2.24, 2.45) is 5.92 Å². The number of rotatable bonds is 8. The lowest BCUT2D eigenvalue weighted by Crippen LogP contribution is -2.63. The summed E-state index contributed by atoms with van der Waals surface area (Å²) in [6, 6.07) is 0. The molecule has 0 saturated carbocycles. The minimum Gasteiger partial charge on any atom is -0.394 e. The van der Waals surface area contributed by atoms with E-state index in [-0.39, 0.29) is 6.29 Å². The van der Waals surface area contributed by atoms with Crippen LogP contribution in [0.25, 0.3) is 0 Å². The zero-order valence-corrected chi connectivity index (χ0v) is 18.8. The Labute approximate surface area is 200 Å². The summed E-state index contributed by atoms with van der Waals surface area (Å²) in [5.41, 5.74) is 0. The van der Waals surface area contributed by atoms with Gasteiger partial charge in [0, 0.05) is 0 Å². The maximum atomic E-state index is 11.5. The van der Waals surface area contributed by atoms with Gasteiger partial charge in [0.1, 0.15) is 67.3 Å². The molecular formula is C20H34O15. The fraction of sp³-hybridized carbons (Fsp3) is 0.950. The molecule has 3 saturated heterocycles. The van der Waals surface area contributed by atoms with Crippen molar-refractivity contribution in [2.75, 3.05) is 19.8 Å². The van der Waals surface area contributed by atoms with E-state index in [2.05, 4.69) is 0 Å². The van der Waals surface area contributed by atoms with Gasteiger partial charge in [0.15, 0.2) is 12.6 Å². The van der Waals surface area contributed by atoms with Gasteiger partial charge in [-0.25, -0.2) is 0 Å². The van der Waals surface area contributed by atoms with Crippen molar-refractivity contribution in [2.45, 2.75) is 92.8 Å². The molecule has 0 radical (unpaired) electrons. The van der Waals surface area contributed by atoms with E-state index in [0.717, 1.165) is 0 Å². The molecule has 3 aliphatic heterocycles. The van der Waals surface area contributed by atoms with Gasteiger partial charge in [-0.3, -0.25) is 0 Å². The van der Waals surface area contributed by atoms with E-state index in [1.54, 1.807) is 0 Å². The molecule has 0 bridgehead atoms. The van der Waals surface area contributed by atoms with Crippen LogP contribution >= 0.6 is 0 Å². The van der Waals surface area contributed by atoms with Crippen LogP contribution in [-0.2, 0) is 28.5 Å². The van der Waals surface area contributed by atoms with Crippen LogP contribution < -0.4 is 0 Å². The lowest BCUT2D eigenvalue weighted by molar-refractivity contribution is -0.335. The number of carbonyl (C=O) groups is 1. The second-order valence-corrected chi connectivity index (χ2v) is 8.91. The molecule has 15 nitrogen and oxygen atoms in total. The highest BCUT2D eigenvalue weighted by atomic mass is 16.7. The van der Waals surface area contributed by atoms with Gasteiger partial charge < -0.3 is 74.4 Å². The Kier molecular flexibility index (Phi) is 9.92. The number of aldehydes is 1. The van der Waals surface area contributed by atoms with Crippen LogP contribution in [0.5, 0.6) is 0 Å². The normalized spacial score (nSPS) is 51.2. The van der Waals surface area contributed by atoms with E-state index in [0.29, 0.717) is 0 Å². The van der Waals surface area contributed by atoms with Crippen molar-refractivity contribution in [1.82, 2.24) is 0 Å². The van der Waals surface area contributed by atoms with Gasteiger partial charge in [0.05, 0.1) is 37.9 Å². The van der Waals surface area contributed by atoms with Crippen molar-refractivity contribution < 1.29 is 74.4 Å². The molecule has 9 N–H and O–H groups in total. The van der Waals surface area contributed by atoms with Gasteiger partial charge in [0.25, 0.3) is 0 Å². The van der Waals surface area contributed by atoms with E-state index in [4.69, 9.17) is 23.7 Å². The Bertz CT molecular complexity index is 681. The number of carbonyl (C=O) groups excluding carboxylic acids is 1. The Morgan fingerprint density at radius 1 is 0.686 bits per heavy atom. The van der Waals surface area contributed by atoms with Gasteiger partial charge in [-0.05, 0) is 6.92 Å². The molecular weight excluding hydrogens is 480 g/mol. The first-order valence-corrected chi connectivity index (χ1v) is 11.2. The average molecular weight is 514 g/mol. The molecule has 0 aromatic heterocycles. The molecule has 3 rings (SSSR count). The molecule has 0 spiro atoms. The van der Waals surface area contributed by atoms with E-state index in [9.17, 15) is 50.8 Å². The van der Waals surface area contributed by atoms with Gasteiger partial charge in [-0.2, -0.15) is 0 Å². The summed E-state index contributed by atoms with van der Waals surface area (Å²) in [6.45, 7) is -0.360. The second kappa shape index (κ2) is 12.1.